The van der Waals surface area contributed by atoms with Gasteiger partial charge in [0.15, 0.2) is 0 Å². The van der Waals surface area contributed by atoms with E-state index in [0.717, 1.165) is 21.6 Å². The summed E-state index contributed by atoms with van der Waals surface area (Å²) >= 11 is 0. The standard InChI is InChI=1S/C24H27NO4/c1-16-9-8-10-18(15-16)24(14-13-17(2)26)19-11-6-7-12-20(19)25(21(24)27)22(28)29-23(3,4)5/h6-12,15H,13-14H2,1-5H3/t24-/m0/s1. The third kappa shape index (κ3) is 3.82. The van der Waals surface area contributed by atoms with Crippen LogP contribution in [0.4, 0.5) is 10.5 Å². The van der Waals surface area contributed by atoms with E-state index in [1.54, 1.807) is 32.9 Å². The first kappa shape index (κ1) is 20.8. The van der Waals surface area contributed by atoms with Crippen LogP contribution in [0.5, 0.6) is 0 Å². The van der Waals surface area contributed by atoms with E-state index in [4.69, 9.17) is 4.74 Å². The van der Waals surface area contributed by atoms with E-state index in [1.807, 2.05) is 43.3 Å². The Morgan fingerprint density at radius 3 is 2.38 bits per heavy atom. The summed E-state index contributed by atoms with van der Waals surface area (Å²) in [5.41, 5.74) is 1.18. The molecule has 152 valence electrons. The molecule has 1 aliphatic rings. The van der Waals surface area contributed by atoms with E-state index >= 15 is 0 Å². The maximum Gasteiger partial charge on any atom is 0.421 e. The van der Waals surface area contributed by atoms with Crippen molar-refractivity contribution in [3.63, 3.8) is 0 Å². The van der Waals surface area contributed by atoms with Crippen molar-refractivity contribution in [2.45, 2.75) is 58.5 Å². The van der Waals surface area contributed by atoms with Crippen molar-refractivity contribution in [2.24, 2.45) is 0 Å². The molecule has 0 radical (unpaired) electrons. The van der Waals surface area contributed by atoms with Crippen LogP contribution in [0.25, 0.3) is 0 Å². The number of imide groups is 1. The lowest BCUT2D eigenvalue weighted by atomic mass is 9.71. The topological polar surface area (TPSA) is 63.7 Å². The molecule has 1 heterocycles. The van der Waals surface area contributed by atoms with Crippen molar-refractivity contribution in [3.05, 3.63) is 65.2 Å². The summed E-state index contributed by atoms with van der Waals surface area (Å²) in [5.74, 6) is -0.377. The molecule has 0 saturated carbocycles. The maximum atomic E-state index is 13.8. The first-order valence-corrected chi connectivity index (χ1v) is 9.80. The molecule has 0 spiro atoms. The monoisotopic (exact) mass is 393 g/mol. The van der Waals surface area contributed by atoms with Gasteiger partial charge in [0.2, 0.25) is 0 Å². The molecule has 0 unspecified atom stereocenters. The Labute approximate surface area is 171 Å². The van der Waals surface area contributed by atoms with Crippen LogP contribution < -0.4 is 4.90 Å². The summed E-state index contributed by atoms with van der Waals surface area (Å²) in [5, 5.41) is 0. The number of nitrogens with zero attached hydrogens (tertiary/aromatic N) is 1. The van der Waals surface area contributed by atoms with E-state index < -0.39 is 17.1 Å². The molecule has 2 aromatic carbocycles. The number of carbonyl (C=O) groups excluding carboxylic acids is 3. The molecule has 2 aromatic rings. The molecule has 0 N–H and O–H groups in total. The van der Waals surface area contributed by atoms with E-state index in [0.29, 0.717) is 12.1 Å². The van der Waals surface area contributed by atoms with E-state index in [-0.39, 0.29) is 18.1 Å². The van der Waals surface area contributed by atoms with Gasteiger partial charge < -0.3 is 9.53 Å². The lowest BCUT2D eigenvalue weighted by molar-refractivity contribution is -0.122. The summed E-state index contributed by atoms with van der Waals surface area (Å²) < 4.78 is 5.53. The quantitative estimate of drug-likeness (QED) is 0.739. The third-order valence-corrected chi connectivity index (χ3v) is 5.11. The minimum absolute atomic E-state index is 0.00183. The highest BCUT2D eigenvalue weighted by Gasteiger charge is 2.54. The Kier molecular flexibility index (Phi) is 5.35. The van der Waals surface area contributed by atoms with Crippen LogP contribution in [-0.4, -0.2) is 23.4 Å². The summed E-state index contributed by atoms with van der Waals surface area (Å²) in [7, 11) is 0. The number of hydrogen-bond donors (Lipinski definition) is 0. The van der Waals surface area contributed by atoms with Crippen molar-refractivity contribution >= 4 is 23.5 Å². The summed E-state index contributed by atoms with van der Waals surface area (Å²) in [6, 6.07) is 14.9. The van der Waals surface area contributed by atoms with Crippen LogP contribution in [-0.2, 0) is 19.7 Å². The fourth-order valence-electron chi connectivity index (χ4n) is 3.87. The molecule has 0 bridgehead atoms. The van der Waals surface area contributed by atoms with Crippen LogP contribution in [0, 0.1) is 6.92 Å². The number of carbonyl (C=O) groups is 3. The number of Topliss-reactive ketones (excluding diaryl/α,β-unsaturated/α-hetero) is 1. The predicted molar refractivity (Wildman–Crippen MR) is 112 cm³/mol. The van der Waals surface area contributed by atoms with Crippen molar-refractivity contribution in [1.29, 1.82) is 0 Å². The fraction of sp³-hybridized carbons (Fsp3) is 0.375. The van der Waals surface area contributed by atoms with Gasteiger partial charge in [0.1, 0.15) is 16.8 Å². The molecule has 0 aliphatic carbocycles. The Balaban J connectivity index is 2.21. The van der Waals surface area contributed by atoms with Crippen LogP contribution in [0.3, 0.4) is 0 Å². The number of anilines is 1. The largest absolute Gasteiger partial charge is 0.443 e. The molecular weight excluding hydrogens is 366 g/mol. The number of aryl methyl sites for hydroxylation is 1. The number of ether oxygens (including phenoxy) is 1. The van der Waals surface area contributed by atoms with Gasteiger partial charge in [0, 0.05) is 6.42 Å². The third-order valence-electron chi connectivity index (χ3n) is 5.11. The minimum atomic E-state index is -1.11. The average Bonchev–Trinajstić information content (AvgIpc) is 2.87. The Morgan fingerprint density at radius 2 is 1.76 bits per heavy atom. The van der Waals surface area contributed by atoms with E-state index in [1.165, 1.54) is 6.92 Å². The lowest BCUT2D eigenvalue weighted by Crippen LogP contribution is -2.46. The first-order chi connectivity index (χ1) is 13.6. The number of hydrogen-bond acceptors (Lipinski definition) is 4. The van der Waals surface area contributed by atoms with Gasteiger partial charge in [-0.3, -0.25) is 4.79 Å². The summed E-state index contributed by atoms with van der Waals surface area (Å²) in [6.07, 6.45) is -0.177. The maximum absolute atomic E-state index is 13.8. The molecule has 5 nitrogen and oxygen atoms in total. The number of fused-ring (bicyclic) bond motifs is 1. The number of benzene rings is 2. The Bertz CT molecular complexity index is 973. The highest BCUT2D eigenvalue weighted by molar-refractivity contribution is 6.22. The second kappa shape index (κ2) is 7.47. The zero-order chi connectivity index (χ0) is 21.4. The highest BCUT2D eigenvalue weighted by Crippen LogP contribution is 2.49. The van der Waals surface area contributed by atoms with Gasteiger partial charge in [-0.2, -0.15) is 0 Å². The molecule has 0 aromatic heterocycles. The molecular formula is C24H27NO4. The van der Waals surface area contributed by atoms with E-state index in [9.17, 15) is 14.4 Å². The number of para-hydroxylation sites is 1. The first-order valence-electron chi connectivity index (χ1n) is 9.80. The molecule has 1 atom stereocenters. The zero-order valence-corrected chi connectivity index (χ0v) is 17.6. The number of rotatable bonds is 4. The van der Waals surface area contributed by atoms with Crippen molar-refractivity contribution < 1.29 is 19.1 Å². The predicted octanol–water partition coefficient (Wildman–Crippen LogP) is 4.93. The van der Waals surface area contributed by atoms with Gasteiger partial charge in [-0.1, -0.05) is 48.0 Å². The highest BCUT2D eigenvalue weighted by atomic mass is 16.6. The SMILES string of the molecule is CC(=O)CC[C@@]1(c2cccc(C)c2)C(=O)N(C(=O)OC(C)(C)C)c2ccccc21. The average molecular weight is 393 g/mol. The van der Waals surface area contributed by atoms with Crippen molar-refractivity contribution in [1.82, 2.24) is 0 Å². The molecule has 1 aliphatic heterocycles. The zero-order valence-electron chi connectivity index (χ0n) is 17.6. The molecule has 0 saturated heterocycles. The van der Waals surface area contributed by atoms with Gasteiger partial charge >= 0.3 is 6.09 Å². The fourth-order valence-corrected chi connectivity index (χ4v) is 3.87. The summed E-state index contributed by atoms with van der Waals surface area (Å²) in [6.45, 7) is 8.77. The second-order valence-electron chi connectivity index (χ2n) is 8.61. The van der Waals surface area contributed by atoms with Crippen molar-refractivity contribution in [3.8, 4) is 0 Å². The number of amides is 2. The molecule has 5 heteroatoms. The minimum Gasteiger partial charge on any atom is -0.443 e. The van der Waals surface area contributed by atoms with Gasteiger partial charge in [-0.15, -0.1) is 0 Å². The summed E-state index contributed by atoms with van der Waals surface area (Å²) in [4.78, 5) is 39.8. The van der Waals surface area contributed by atoms with Gasteiger partial charge in [0.25, 0.3) is 5.91 Å². The van der Waals surface area contributed by atoms with Crippen LogP contribution in [0.2, 0.25) is 0 Å². The van der Waals surface area contributed by atoms with Gasteiger partial charge in [-0.25, -0.2) is 9.69 Å². The van der Waals surface area contributed by atoms with Gasteiger partial charge in [0.05, 0.1) is 5.69 Å². The number of ketones is 1. The van der Waals surface area contributed by atoms with Crippen LogP contribution in [0.15, 0.2) is 48.5 Å². The normalized spacial score (nSPS) is 18.5. The van der Waals surface area contributed by atoms with Gasteiger partial charge in [-0.05, 0) is 58.2 Å². The smallest absolute Gasteiger partial charge is 0.421 e. The Hall–Kier alpha value is -2.95. The molecule has 3 rings (SSSR count). The van der Waals surface area contributed by atoms with Crippen molar-refractivity contribution in [2.75, 3.05) is 4.90 Å². The van der Waals surface area contributed by atoms with E-state index in [2.05, 4.69) is 0 Å². The Morgan fingerprint density at radius 1 is 1.07 bits per heavy atom. The molecule has 29 heavy (non-hydrogen) atoms. The van der Waals surface area contributed by atoms with Crippen LogP contribution in [0.1, 0.15) is 57.2 Å². The second-order valence-corrected chi connectivity index (χ2v) is 8.61. The molecule has 0 fully saturated rings. The van der Waals surface area contributed by atoms with Crippen LogP contribution >= 0.6 is 0 Å². The lowest BCUT2D eigenvalue weighted by Gasteiger charge is -2.30. The molecule has 2 amide bonds.